The molecule has 0 N–H and O–H groups in total. The third kappa shape index (κ3) is 2.18. The van der Waals surface area contributed by atoms with Crippen molar-refractivity contribution in [3.05, 3.63) is 29.1 Å². The minimum atomic E-state index is -5.19. The summed E-state index contributed by atoms with van der Waals surface area (Å²) >= 11 is 0. The summed E-state index contributed by atoms with van der Waals surface area (Å²) in [5.41, 5.74) is -3.98. The van der Waals surface area contributed by atoms with E-state index in [0.29, 0.717) is 0 Å². The van der Waals surface area contributed by atoms with Crippen molar-refractivity contribution in [1.29, 1.82) is 0 Å². The Hall–Kier alpha value is -1.34. The minimum Gasteiger partial charge on any atom is -0.227 e. The fourth-order valence-electron chi connectivity index (χ4n) is 0.867. The second kappa shape index (κ2) is 3.67. The lowest BCUT2D eigenvalue weighted by molar-refractivity contribution is -0.140. The SMILES string of the molecule is Fc1ncc(C(F)(F)F)c(F)c1C(F)F. The number of hydrogen-bond acceptors (Lipinski definition) is 1. The Labute approximate surface area is 78.5 Å². The van der Waals surface area contributed by atoms with Gasteiger partial charge >= 0.3 is 6.18 Å². The van der Waals surface area contributed by atoms with E-state index >= 15 is 0 Å². The van der Waals surface area contributed by atoms with E-state index in [0.717, 1.165) is 0 Å². The van der Waals surface area contributed by atoms with Gasteiger partial charge in [0.15, 0.2) is 5.82 Å². The summed E-state index contributed by atoms with van der Waals surface area (Å²) < 4.78 is 85.1. The zero-order chi connectivity index (χ0) is 11.8. The van der Waals surface area contributed by atoms with Gasteiger partial charge in [-0.2, -0.15) is 17.6 Å². The third-order valence-corrected chi connectivity index (χ3v) is 1.53. The topological polar surface area (TPSA) is 12.9 Å². The molecule has 0 saturated carbocycles. The lowest BCUT2D eigenvalue weighted by atomic mass is 10.2. The maximum atomic E-state index is 12.8. The van der Waals surface area contributed by atoms with E-state index in [1.807, 2.05) is 0 Å². The van der Waals surface area contributed by atoms with Crippen molar-refractivity contribution in [2.45, 2.75) is 12.6 Å². The summed E-state index contributed by atoms with van der Waals surface area (Å²) in [4.78, 5) is 2.42. The van der Waals surface area contributed by atoms with Crippen LogP contribution in [0.15, 0.2) is 6.20 Å². The quantitative estimate of drug-likeness (QED) is 0.535. The molecule has 0 saturated heterocycles. The van der Waals surface area contributed by atoms with Crippen molar-refractivity contribution in [1.82, 2.24) is 4.98 Å². The van der Waals surface area contributed by atoms with Gasteiger partial charge < -0.3 is 0 Å². The molecule has 0 radical (unpaired) electrons. The van der Waals surface area contributed by atoms with Crippen molar-refractivity contribution in [3.63, 3.8) is 0 Å². The average Bonchev–Trinajstić information content (AvgIpc) is 2.00. The third-order valence-electron chi connectivity index (χ3n) is 1.53. The number of hydrogen-bond donors (Lipinski definition) is 0. The molecular weight excluding hydrogens is 231 g/mol. The number of pyridine rings is 1. The first-order valence-corrected chi connectivity index (χ1v) is 3.44. The molecule has 1 nitrogen and oxygen atoms in total. The van der Waals surface area contributed by atoms with E-state index in [4.69, 9.17) is 0 Å². The van der Waals surface area contributed by atoms with Crippen molar-refractivity contribution >= 4 is 0 Å². The molecule has 0 bridgehead atoms. The van der Waals surface area contributed by atoms with E-state index in [2.05, 4.69) is 4.98 Å². The monoisotopic (exact) mass is 233 g/mol. The molecule has 1 rings (SSSR count). The summed E-state index contributed by atoms with van der Waals surface area (Å²) in [6, 6.07) is 0. The minimum absolute atomic E-state index is 0.170. The number of halogens is 7. The van der Waals surface area contributed by atoms with Gasteiger partial charge in [0.05, 0.1) is 0 Å². The summed E-state index contributed by atoms with van der Waals surface area (Å²) in [5, 5.41) is 0. The highest BCUT2D eigenvalue weighted by Crippen LogP contribution is 2.35. The zero-order valence-electron chi connectivity index (χ0n) is 6.75. The van der Waals surface area contributed by atoms with Gasteiger partial charge in [-0.3, -0.25) is 0 Å². The van der Waals surface area contributed by atoms with Crippen LogP contribution < -0.4 is 0 Å². The Morgan fingerprint density at radius 1 is 1.13 bits per heavy atom. The van der Waals surface area contributed by atoms with Crippen LogP contribution in [0.1, 0.15) is 17.6 Å². The first kappa shape index (κ1) is 11.7. The molecule has 1 heterocycles. The Morgan fingerprint density at radius 2 is 1.67 bits per heavy atom. The normalized spacial score (nSPS) is 12.3. The van der Waals surface area contributed by atoms with Crippen LogP contribution in [0.25, 0.3) is 0 Å². The second-order valence-electron chi connectivity index (χ2n) is 2.49. The van der Waals surface area contributed by atoms with Crippen molar-refractivity contribution in [3.8, 4) is 0 Å². The Balaban J connectivity index is 3.42. The van der Waals surface area contributed by atoms with E-state index in [-0.39, 0.29) is 6.20 Å². The first-order valence-electron chi connectivity index (χ1n) is 3.44. The highest BCUT2D eigenvalue weighted by atomic mass is 19.4. The number of aromatic nitrogens is 1. The predicted octanol–water partition coefficient (Wildman–Crippen LogP) is 3.32. The maximum Gasteiger partial charge on any atom is 0.420 e. The van der Waals surface area contributed by atoms with E-state index in [9.17, 15) is 30.7 Å². The molecule has 0 aromatic carbocycles. The highest BCUT2D eigenvalue weighted by molar-refractivity contribution is 5.25. The largest absolute Gasteiger partial charge is 0.420 e. The molecule has 15 heavy (non-hydrogen) atoms. The van der Waals surface area contributed by atoms with Crippen LogP contribution in [-0.4, -0.2) is 4.98 Å². The molecule has 84 valence electrons. The van der Waals surface area contributed by atoms with Crippen LogP contribution in [0.3, 0.4) is 0 Å². The van der Waals surface area contributed by atoms with Crippen molar-refractivity contribution in [2.75, 3.05) is 0 Å². The Morgan fingerprint density at radius 3 is 2.07 bits per heavy atom. The highest BCUT2D eigenvalue weighted by Gasteiger charge is 2.38. The standard InChI is InChI=1S/C7H2F7N/c8-4-2(7(12,13)14)1-15-6(11)3(4)5(9)10/h1,5H. The molecule has 0 aliphatic carbocycles. The van der Waals surface area contributed by atoms with E-state index in [1.54, 1.807) is 0 Å². The van der Waals surface area contributed by atoms with Crippen molar-refractivity contribution < 1.29 is 30.7 Å². The van der Waals surface area contributed by atoms with Gasteiger partial charge in [-0.15, -0.1) is 0 Å². The van der Waals surface area contributed by atoms with E-state index in [1.165, 1.54) is 0 Å². The number of nitrogens with zero attached hydrogens (tertiary/aromatic N) is 1. The Bertz CT molecular complexity index is 370. The van der Waals surface area contributed by atoms with Crippen LogP contribution >= 0.6 is 0 Å². The zero-order valence-corrected chi connectivity index (χ0v) is 6.75. The molecule has 0 aliphatic heterocycles. The van der Waals surface area contributed by atoms with Gasteiger partial charge in [-0.05, 0) is 0 Å². The van der Waals surface area contributed by atoms with Gasteiger partial charge in [0.25, 0.3) is 6.43 Å². The number of rotatable bonds is 1. The van der Waals surface area contributed by atoms with Crippen LogP contribution in [0, 0.1) is 11.8 Å². The molecule has 0 unspecified atom stereocenters. The van der Waals surface area contributed by atoms with E-state index < -0.39 is 35.5 Å². The fourth-order valence-corrected chi connectivity index (χ4v) is 0.867. The lowest BCUT2D eigenvalue weighted by Gasteiger charge is -2.10. The van der Waals surface area contributed by atoms with Crippen LogP contribution in [0.5, 0.6) is 0 Å². The summed E-state index contributed by atoms with van der Waals surface area (Å²) in [6.07, 6.45) is -9.05. The maximum absolute atomic E-state index is 12.8. The van der Waals surface area contributed by atoms with Gasteiger partial charge in [0.2, 0.25) is 5.95 Å². The van der Waals surface area contributed by atoms with Gasteiger partial charge in [-0.25, -0.2) is 18.2 Å². The van der Waals surface area contributed by atoms with Crippen LogP contribution in [-0.2, 0) is 6.18 Å². The first-order chi connectivity index (χ1) is 6.75. The van der Waals surface area contributed by atoms with Gasteiger partial charge in [0.1, 0.15) is 11.1 Å². The predicted molar refractivity (Wildman–Crippen MR) is 34.1 cm³/mol. The number of alkyl halides is 5. The molecule has 0 fully saturated rings. The lowest BCUT2D eigenvalue weighted by Crippen LogP contribution is -2.13. The smallest absolute Gasteiger partial charge is 0.227 e. The summed E-state index contributed by atoms with van der Waals surface area (Å²) in [7, 11) is 0. The molecule has 0 aliphatic rings. The van der Waals surface area contributed by atoms with Gasteiger partial charge in [-0.1, -0.05) is 0 Å². The molecule has 1 aromatic heterocycles. The van der Waals surface area contributed by atoms with Crippen molar-refractivity contribution in [2.24, 2.45) is 0 Å². The molecule has 0 spiro atoms. The molecule has 0 atom stereocenters. The Kier molecular flexibility index (Phi) is 2.87. The van der Waals surface area contributed by atoms with Crippen LogP contribution in [0.2, 0.25) is 0 Å². The second-order valence-corrected chi connectivity index (χ2v) is 2.49. The average molecular weight is 233 g/mol. The van der Waals surface area contributed by atoms with Gasteiger partial charge in [0, 0.05) is 6.20 Å². The molecule has 0 amide bonds. The summed E-state index contributed by atoms with van der Waals surface area (Å²) in [5.74, 6) is -4.28. The molecule has 1 aromatic rings. The summed E-state index contributed by atoms with van der Waals surface area (Å²) in [6.45, 7) is 0. The molecular formula is C7H2F7N. The van der Waals surface area contributed by atoms with Crippen LogP contribution in [0.4, 0.5) is 30.7 Å². The molecule has 8 heteroatoms. The fraction of sp³-hybridized carbons (Fsp3) is 0.286.